The fourth-order valence-corrected chi connectivity index (χ4v) is 2.48. The van der Waals surface area contributed by atoms with Crippen LogP contribution in [-0.2, 0) is 0 Å². The van der Waals surface area contributed by atoms with Gasteiger partial charge >= 0.3 is 0 Å². The van der Waals surface area contributed by atoms with Crippen LogP contribution in [0.2, 0.25) is 0 Å². The minimum absolute atomic E-state index is 0.0817. The van der Waals surface area contributed by atoms with Crippen LogP contribution in [0, 0.1) is 23.0 Å². The van der Waals surface area contributed by atoms with E-state index >= 15 is 0 Å². The van der Waals surface area contributed by atoms with Crippen LogP contribution in [0.4, 0.5) is 11.5 Å². The molecule has 1 saturated carbocycles. The summed E-state index contributed by atoms with van der Waals surface area (Å²) >= 11 is 0. The molecular formula is C13H19N3O2. The van der Waals surface area contributed by atoms with Gasteiger partial charge in [-0.2, -0.15) is 0 Å². The van der Waals surface area contributed by atoms with Crippen LogP contribution in [0.15, 0.2) is 12.3 Å². The Bertz CT molecular complexity index is 428. The van der Waals surface area contributed by atoms with Gasteiger partial charge in [0.15, 0.2) is 0 Å². The van der Waals surface area contributed by atoms with Crippen LogP contribution in [-0.4, -0.2) is 16.5 Å². The van der Waals surface area contributed by atoms with Crippen LogP contribution in [0.5, 0.6) is 0 Å². The molecule has 0 aliphatic heterocycles. The number of rotatable bonds is 4. The van der Waals surface area contributed by atoms with E-state index in [9.17, 15) is 10.1 Å². The number of nitrogens with zero attached hydrogens (tertiary/aromatic N) is 2. The number of hydrogen-bond donors (Lipinski definition) is 1. The second kappa shape index (κ2) is 5.80. The van der Waals surface area contributed by atoms with Crippen molar-refractivity contribution >= 4 is 11.5 Å². The lowest BCUT2D eigenvalue weighted by Gasteiger charge is -2.21. The molecule has 5 heteroatoms. The maximum absolute atomic E-state index is 10.7. The largest absolute Gasteiger partial charge is 0.370 e. The van der Waals surface area contributed by atoms with E-state index in [4.69, 9.17) is 0 Å². The van der Waals surface area contributed by atoms with Gasteiger partial charge in [-0.15, -0.1) is 0 Å². The van der Waals surface area contributed by atoms with E-state index in [0.717, 1.165) is 18.3 Å². The zero-order valence-electron chi connectivity index (χ0n) is 10.7. The lowest BCUT2D eigenvalue weighted by atomic mass is 9.89. The highest BCUT2D eigenvalue weighted by Gasteiger charge is 2.14. The highest BCUT2D eigenvalue weighted by atomic mass is 16.6. The summed E-state index contributed by atoms with van der Waals surface area (Å²) in [4.78, 5) is 14.4. The van der Waals surface area contributed by atoms with Crippen molar-refractivity contribution in [2.75, 3.05) is 11.9 Å². The van der Waals surface area contributed by atoms with Gasteiger partial charge in [0, 0.05) is 12.1 Å². The van der Waals surface area contributed by atoms with Crippen molar-refractivity contribution in [1.82, 2.24) is 4.98 Å². The Morgan fingerprint density at radius 2 is 2.17 bits per heavy atom. The molecule has 0 amide bonds. The minimum atomic E-state index is -0.396. The topological polar surface area (TPSA) is 68.1 Å². The molecule has 1 aliphatic rings. The average molecular weight is 249 g/mol. The van der Waals surface area contributed by atoms with E-state index in [2.05, 4.69) is 10.3 Å². The number of aryl methyl sites for hydroxylation is 1. The lowest BCUT2D eigenvalue weighted by molar-refractivity contribution is -0.385. The molecular weight excluding hydrogens is 230 g/mol. The summed E-state index contributed by atoms with van der Waals surface area (Å²) in [7, 11) is 0. The molecule has 1 aliphatic carbocycles. The standard InChI is InChI=1S/C13H19N3O2/c1-10-7-13(15-9-12(10)16(17)18)14-8-11-5-3-2-4-6-11/h7,9,11H,2-6,8H2,1H3,(H,14,15). The third-order valence-electron chi connectivity index (χ3n) is 3.58. The molecule has 5 nitrogen and oxygen atoms in total. The molecule has 1 fully saturated rings. The highest BCUT2D eigenvalue weighted by molar-refractivity contribution is 5.46. The van der Waals surface area contributed by atoms with E-state index in [1.54, 1.807) is 13.0 Å². The lowest BCUT2D eigenvalue weighted by Crippen LogP contribution is -2.17. The third-order valence-corrected chi connectivity index (χ3v) is 3.58. The van der Waals surface area contributed by atoms with E-state index in [1.807, 2.05) is 0 Å². The van der Waals surface area contributed by atoms with E-state index in [0.29, 0.717) is 5.56 Å². The Labute approximate surface area is 107 Å². The Morgan fingerprint density at radius 3 is 2.78 bits per heavy atom. The molecule has 0 spiro atoms. The van der Waals surface area contributed by atoms with Crippen LogP contribution >= 0.6 is 0 Å². The van der Waals surface area contributed by atoms with Gasteiger partial charge in [0.25, 0.3) is 5.69 Å². The second-order valence-corrected chi connectivity index (χ2v) is 5.00. The summed E-state index contributed by atoms with van der Waals surface area (Å²) in [6, 6.07) is 1.75. The first kappa shape index (κ1) is 12.8. The summed E-state index contributed by atoms with van der Waals surface area (Å²) in [5, 5.41) is 14.0. The van der Waals surface area contributed by atoms with E-state index in [-0.39, 0.29) is 5.69 Å². The Hall–Kier alpha value is -1.65. The van der Waals surface area contributed by atoms with E-state index < -0.39 is 4.92 Å². The van der Waals surface area contributed by atoms with Crippen molar-refractivity contribution < 1.29 is 4.92 Å². The van der Waals surface area contributed by atoms with Crippen molar-refractivity contribution in [2.24, 2.45) is 5.92 Å². The molecule has 2 rings (SSSR count). The summed E-state index contributed by atoms with van der Waals surface area (Å²) in [5.74, 6) is 1.46. The SMILES string of the molecule is Cc1cc(NCC2CCCCC2)ncc1[N+](=O)[O-]. The fourth-order valence-electron chi connectivity index (χ4n) is 2.48. The Kier molecular flexibility index (Phi) is 4.12. The number of hydrogen-bond acceptors (Lipinski definition) is 4. The summed E-state index contributed by atoms with van der Waals surface area (Å²) < 4.78 is 0. The van der Waals surface area contributed by atoms with E-state index in [1.165, 1.54) is 38.3 Å². The monoisotopic (exact) mass is 249 g/mol. The average Bonchev–Trinajstić information content (AvgIpc) is 2.37. The smallest absolute Gasteiger partial charge is 0.290 e. The van der Waals surface area contributed by atoms with Gasteiger partial charge in [-0.05, 0) is 31.7 Å². The Balaban J connectivity index is 1.93. The first-order valence-corrected chi connectivity index (χ1v) is 6.51. The predicted molar refractivity (Wildman–Crippen MR) is 70.7 cm³/mol. The van der Waals surface area contributed by atoms with Crippen molar-refractivity contribution in [1.29, 1.82) is 0 Å². The van der Waals surface area contributed by atoms with Crippen molar-refractivity contribution in [3.05, 3.63) is 27.9 Å². The van der Waals surface area contributed by atoms with Crippen molar-refractivity contribution in [3.63, 3.8) is 0 Å². The molecule has 1 aromatic rings. The van der Waals surface area contributed by atoms with Crippen molar-refractivity contribution in [2.45, 2.75) is 39.0 Å². The van der Waals surface area contributed by atoms with Gasteiger partial charge in [0.05, 0.1) is 4.92 Å². The normalized spacial score (nSPS) is 16.5. The third kappa shape index (κ3) is 3.18. The van der Waals surface area contributed by atoms with Crippen LogP contribution in [0.3, 0.4) is 0 Å². The predicted octanol–water partition coefficient (Wildman–Crippen LogP) is 3.29. The number of anilines is 1. The molecule has 0 atom stereocenters. The fraction of sp³-hybridized carbons (Fsp3) is 0.615. The number of aromatic nitrogens is 1. The van der Waals surface area contributed by atoms with Gasteiger partial charge in [-0.3, -0.25) is 10.1 Å². The van der Waals surface area contributed by atoms with Gasteiger partial charge < -0.3 is 5.32 Å². The van der Waals surface area contributed by atoms with Gasteiger partial charge in [-0.1, -0.05) is 19.3 Å². The minimum Gasteiger partial charge on any atom is -0.370 e. The van der Waals surface area contributed by atoms with Crippen LogP contribution < -0.4 is 5.32 Å². The summed E-state index contributed by atoms with van der Waals surface area (Å²) in [6.45, 7) is 2.66. The molecule has 0 unspecified atom stereocenters. The summed E-state index contributed by atoms with van der Waals surface area (Å²) in [6.07, 6.45) is 7.87. The van der Waals surface area contributed by atoms with Gasteiger partial charge in [-0.25, -0.2) is 4.98 Å². The van der Waals surface area contributed by atoms with Crippen LogP contribution in [0.25, 0.3) is 0 Å². The van der Waals surface area contributed by atoms with Crippen LogP contribution in [0.1, 0.15) is 37.7 Å². The number of pyridine rings is 1. The molecule has 0 radical (unpaired) electrons. The van der Waals surface area contributed by atoms with Gasteiger partial charge in [0.1, 0.15) is 12.0 Å². The molecule has 0 aromatic carbocycles. The van der Waals surface area contributed by atoms with Crippen molar-refractivity contribution in [3.8, 4) is 0 Å². The second-order valence-electron chi connectivity index (χ2n) is 5.00. The molecule has 1 aromatic heterocycles. The molecule has 18 heavy (non-hydrogen) atoms. The van der Waals surface area contributed by atoms with Gasteiger partial charge in [0.2, 0.25) is 0 Å². The molecule has 98 valence electrons. The maximum Gasteiger partial charge on any atom is 0.290 e. The molecule has 0 saturated heterocycles. The zero-order valence-corrected chi connectivity index (χ0v) is 10.7. The highest BCUT2D eigenvalue weighted by Crippen LogP contribution is 2.24. The Morgan fingerprint density at radius 1 is 1.44 bits per heavy atom. The molecule has 1 heterocycles. The number of nitro groups is 1. The first-order valence-electron chi connectivity index (χ1n) is 6.51. The number of nitrogens with one attached hydrogen (secondary N) is 1. The first-order chi connectivity index (χ1) is 8.66. The zero-order chi connectivity index (χ0) is 13.0. The molecule has 0 bridgehead atoms. The maximum atomic E-state index is 10.7. The summed E-state index contributed by atoms with van der Waals surface area (Å²) in [5.41, 5.74) is 0.736. The quantitative estimate of drug-likeness (QED) is 0.656. The molecule has 1 N–H and O–H groups in total.